The summed E-state index contributed by atoms with van der Waals surface area (Å²) in [6.07, 6.45) is 1.58. The summed E-state index contributed by atoms with van der Waals surface area (Å²) in [5, 5.41) is 9.09. The molecular formula is C24H30N8O2. The van der Waals surface area contributed by atoms with Crippen LogP contribution in [0.25, 0.3) is 22.3 Å². The number of aromatic amines is 2. The minimum Gasteiger partial charge on any atom is -0.383 e. The van der Waals surface area contributed by atoms with Gasteiger partial charge in [-0.25, -0.2) is 4.98 Å². The zero-order chi connectivity index (χ0) is 24.6. The van der Waals surface area contributed by atoms with Gasteiger partial charge in [-0.1, -0.05) is 0 Å². The average molecular weight is 463 g/mol. The molecule has 0 unspecified atom stereocenters. The van der Waals surface area contributed by atoms with E-state index in [9.17, 15) is 9.59 Å². The Labute approximate surface area is 197 Å². The number of amides is 1. The van der Waals surface area contributed by atoms with Crippen molar-refractivity contribution >= 4 is 28.6 Å². The average Bonchev–Trinajstić information content (AvgIpc) is 3.33. The van der Waals surface area contributed by atoms with Crippen molar-refractivity contribution in [2.45, 2.75) is 26.3 Å². The molecule has 0 aliphatic carbocycles. The number of aromatic nitrogens is 5. The number of carbonyl (C=O) groups excluding carboxylic acids is 1. The van der Waals surface area contributed by atoms with Crippen LogP contribution in [-0.2, 0) is 7.05 Å². The van der Waals surface area contributed by atoms with Crippen LogP contribution in [0.3, 0.4) is 0 Å². The number of nitrogens with zero attached hydrogens (tertiary/aromatic N) is 4. The maximum Gasteiger partial charge on any atom is 0.275 e. The summed E-state index contributed by atoms with van der Waals surface area (Å²) in [7, 11) is 5.74. The van der Waals surface area contributed by atoms with Crippen LogP contribution in [0.4, 0.5) is 11.6 Å². The number of imidazole rings is 1. The first kappa shape index (κ1) is 23.2. The number of hydrogen-bond donors (Lipinski definition) is 4. The molecule has 178 valence electrons. The third kappa shape index (κ3) is 4.72. The summed E-state index contributed by atoms with van der Waals surface area (Å²) in [5.41, 5.74) is 4.17. The molecule has 10 heteroatoms. The van der Waals surface area contributed by atoms with E-state index in [1.165, 1.54) is 4.68 Å². The number of fused-ring (bicyclic) bond motifs is 1. The van der Waals surface area contributed by atoms with E-state index in [1.807, 2.05) is 18.2 Å². The highest BCUT2D eigenvalue weighted by Gasteiger charge is 2.20. The lowest BCUT2D eigenvalue weighted by Crippen LogP contribution is -2.44. The number of pyridine rings is 1. The summed E-state index contributed by atoms with van der Waals surface area (Å²) in [5.74, 6) is 0.00333. The van der Waals surface area contributed by atoms with E-state index in [4.69, 9.17) is 0 Å². The van der Waals surface area contributed by atoms with Crippen LogP contribution >= 0.6 is 0 Å². The van der Waals surface area contributed by atoms with Gasteiger partial charge in [0.1, 0.15) is 0 Å². The first-order chi connectivity index (χ1) is 16.0. The van der Waals surface area contributed by atoms with E-state index in [0.717, 1.165) is 23.3 Å². The third-order valence-electron chi connectivity index (χ3n) is 6.08. The van der Waals surface area contributed by atoms with Crippen molar-refractivity contribution in [1.82, 2.24) is 29.6 Å². The smallest absolute Gasteiger partial charge is 0.275 e. The van der Waals surface area contributed by atoms with Gasteiger partial charge >= 0.3 is 0 Å². The molecule has 4 N–H and O–H groups in total. The second-order valence-electron chi connectivity index (χ2n) is 9.27. The largest absolute Gasteiger partial charge is 0.383 e. The van der Waals surface area contributed by atoms with Gasteiger partial charge in [-0.15, -0.1) is 0 Å². The highest BCUT2D eigenvalue weighted by Crippen LogP contribution is 2.22. The van der Waals surface area contributed by atoms with Crippen LogP contribution in [0.15, 0.2) is 41.3 Å². The lowest BCUT2D eigenvalue weighted by atomic mass is 10.0. The monoisotopic (exact) mass is 462 g/mol. The van der Waals surface area contributed by atoms with Crippen LogP contribution in [0.2, 0.25) is 0 Å². The summed E-state index contributed by atoms with van der Waals surface area (Å²) < 4.78 is 1.36. The standard InChI is InChI=1S/C24H30N8O2/c1-14-9-15(10-19(27-14)17-12-26-32(6)22(17)34)21(33)30-23-28-18-8-7-16(11-20(18)29-23)25-13-24(2,3)31(4)5/h7-12,25-26H,13H2,1-6H3,(H2,28,29,30,33). The lowest BCUT2D eigenvalue weighted by Gasteiger charge is -2.33. The van der Waals surface area contributed by atoms with E-state index >= 15 is 0 Å². The first-order valence-electron chi connectivity index (χ1n) is 11.0. The fraction of sp³-hybridized carbons (Fsp3) is 0.333. The molecule has 0 atom stereocenters. The Bertz CT molecular complexity index is 1410. The molecular weight excluding hydrogens is 432 g/mol. The summed E-state index contributed by atoms with van der Waals surface area (Å²) in [4.78, 5) is 39.5. The van der Waals surface area contributed by atoms with Crippen molar-refractivity contribution in [3.05, 3.63) is 58.1 Å². The lowest BCUT2D eigenvalue weighted by molar-refractivity contribution is 0.102. The molecule has 0 fully saturated rings. The normalized spacial score (nSPS) is 11.9. The van der Waals surface area contributed by atoms with E-state index in [0.29, 0.717) is 28.5 Å². The molecule has 0 saturated carbocycles. The number of likely N-dealkylation sites (N-methyl/N-ethyl adjacent to an activating group) is 1. The molecule has 0 bridgehead atoms. The van der Waals surface area contributed by atoms with Crippen molar-refractivity contribution in [2.75, 3.05) is 31.3 Å². The zero-order valence-corrected chi connectivity index (χ0v) is 20.3. The number of anilines is 2. The first-order valence-corrected chi connectivity index (χ1v) is 11.0. The highest BCUT2D eigenvalue weighted by atomic mass is 16.2. The molecule has 4 aromatic rings. The SMILES string of the molecule is Cc1cc(C(=O)Nc2nc3ccc(NCC(C)(C)N(C)C)cc3[nH]2)cc(-c2c[nH]n(C)c2=O)n1. The number of rotatable bonds is 7. The Morgan fingerprint density at radius 1 is 1.18 bits per heavy atom. The third-order valence-corrected chi connectivity index (χ3v) is 6.08. The van der Waals surface area contributed by atoms with Gasteiger partial charge in [-0.05, 0) is 65.2 Å². The molecule has 0 aliphatic rings. The van der Waals surface area contributed by atoms with Crippen molar-refractivity contribution in [3.8, 4) is 11.3 Å². The molecule has 3 aromatic heterocycles. The van der Waals surface area contributed by atoms with E-state index in [-0.39, 0.29) is 17.0 Å². The van der Waals surface area contributed by atoms with Crippen LogP contribution in [0.5, 0.6) is 0 Å². The predicted octanol–water partition coefficient (Wildman–Crippen LogP) is 2.96. The number of benzene rings is 1. The van der Waals surface area contributed by atoms with E-state index in [2.05, 4.69) is 63.5 Å². The molecule has 1 aromatic carbocycles. The maximum absolute atomic E-state index is 13.0. The number of H-pyrrole nitrogens is 2. The molecule has 4 rings (SSSR count). The zero-order valence-electron chi connectivity index (χ0n) is 20.3. The minimum atomic E-state index is -0.343. The Morgan fingerprint density at radius 3 is 2.62 bits per heavy atom. The summed E-state index contributed by atoms with van der Waals surface area (Å²) in [6.45, 7) is 6.90. The Hall–Kier alpha value is -3.92. The summed E-state index contributed by atoms with van der Waals surface area (Å²) >= 11 is 0. The number of nitrogens with one attached hydrogen (secondary N) is 4. The van der Waals surface area contributed by atoms with Gasteiger partial charge in [-0.3, -0.25) is 24.6 Å². The number of aryl methyl sites for hydroxylation is 2. The van der Waals surface area contributed by atoms with Crippen molar-refractivity contribution < 1.29 is 4.79 Å². The maximum atomic E-state index is 13.0. The fourth-order valence-electron chi connectivity index (χ4n) is 3.42. The second-order valence-corrected chi connectivity index (χ2v) is 9.27. The van der Waals surface area contributed by atoms with Gasteiger partial charge in [0.05, 0.1) is 22.3 Å². The van der Waals surface area contributed by atoms with Crippen LogP contribution in [-0.4, -0.2) is 61.7 Å². The van der Waals surface area contributed by atoms with Crippen LogP contribution in [0, 0.1) is 6.92 Å². The van der Waals surface area contributed by atoms with Crippen molar-refractivity contribution in [1.29, 1.82) is 0 Å². The highest BCUT2D eigenvalue weighted by molar-refractivity contribution is 6.04. The van der Waals surface area contributed by atoms with Gasteiger partial charge in [-0.2, -0.15) is 0 Å². The Morgan fingerprint density at radius 2 is 1.94 bits per heavy atom. The quantitative estimate of drug-likeness (QED) is 0.335. The van der Waals surface area contributed by atoms with Crippen LogP contribution in [0.1, 0.15) is 29.9 Å². The molecule has 0 radical (unpaired) electrons. The predicted molar refractivity (Wildman–Crippen MR) is 134 cm³/mol. The molecule has 10 nitrogen and oxygen atoms in total. The van der Waals surface area contributed by atoms with Crippen LogP contribution < -0.4 is 16.2 Å². The molecule has 0 aliphatic heterocycles. The van der Waals surface area contributed by atoms with E-state index < -0.39 is 0 Å². The molecule has 1 amide bonds. The molecule has 34 heavy (non-hydrogen) atoms. The van der Waals surface area contributed by atoms with Crippen molar-refractivity contribution in [2.24, 2.45) is 7.05 Å². The fourth-order valence-corrected chi connectivity index (χ4v) is 3.42. The van der Waals surface area contributed by atoms with Gasteiger partial charge in [0, 0.05) is 42.3 Å². The van der Waals surface area contributed by atoms with Gasteiger partial charge < -0.3 is 20.3 Å². The number of hydrogen-bond acceptors (Lipinski definition) is 6. The van der Waals surface area contributed by atoms with Gasteiger partial charge in [0.15, 0.2) is 0 Å². The Balaban J connectivity index is 1.53. The topological polar surface area (TPSA) is 124 Å². The van der Waals surface area contributed by atoms with Gasteiger partial charge in [0.2, 0.25) is 5.95 Å². The Kier molecular flexibility index (Phi) is 6.01. The molecule has 0 spiro atoms. The van der Waals surface area contributed by atoms with Gasteiger partial charge in [0.25, 0.3) is 11.5 Å². The molecule has 3 heterocycles. The minimum absolute atomic E-state index is 0.00572. The second kappa shape index (κ2) is 8.79. The summed E-state index contributed by atoms with van der Waals surface area (Å²) in [6, 6.07) is 9.12. The number of carbonyl (C=O) groups is 1. The molecule has 0 saturated heterocycles. The van der Waals surface area contributed by atoms with E-state index in [1.54, 1.807) is 32.3 Å². The van der Waals surface area contributed by atoms with Crippen molar-refractivity contribution in [3.63, 3.8) is 0 Å².